The zero-order valence-electron chi connectivity index (χ0n) is 18.6. The highest BCUT2D eigenvalue weighted by molar-refractivity contribution is 6.04. The molecule has 188 valence electrons. The molecule has 0 fully saturated rings. The van der Waals surface area contributed by atoms with Gasteiger partial charge in [-0.1, -0.05) is 29.4 Å². The maximum atomic E-state index is 12.4. The van der Waals surface area contributed by atoms with Gasteiger partial charge in [-0.05, 0) is 41.8 Å². The van der Waals surface area contributed by atoms with Gasteiger partial charge in [0.1, 0.15) is 6.04 Å². The fourth-order valence-corrected chi connectivity index (χ4v) is 3.01. The third-order valence-corrected chi connectivity index (χ3v) is 4.88. The third-order valence-electron chi connectivity index (χ3n) is 4.88. The second kappa shape index (κ2) is 13.0. The number of urea groups is 1. The number of carboxylic acid groups (broad SMARTS) is 3. The number of aliphatic carboxylic acids is 3. The maximum Gasteiger partial charge on any atom is 0.326 e. The lowest BCUT2D eigenvalue weighted by Gasteiger charge is -2.17. The third kappa shape index (κ3) is 8.35. The van der Waals surface area contributed by atoms with E-state index >= 15 is 0 Å². The van der Waals surface area contributed by atoms with Gasteiger partial charge in [0.05, 0.1) is 5.92 Å². The van der Waals surface area contributed by atoms with Crippen molar-refractivity contribution >= 4 is 41.2 Å². The number of hydrogen-bond donors (Lipinski definition) is 6. The van der Waals surface area contributed by atoms with Crippen molar-refractivity contribution in [2.24, 2.45) is 5.11 Å². The highest BCUT2D eigenvalue weighted by Crippen LogP contribution is 2.20. The fraction of sp³-hybridized carbons (Fsp3) is 0.227. The lowest BCUT2D eigenvalue weighted by molar-refractivity contribution is -0.141. The summed E-state index contributed by atoms with van der Waals surface area (Å²) in [5.41, 5.74) is 9.75. The lowest BCUT2D eigenvalue weighted by Crippen LogP contribution is -2.47. The molecule has 0 spiro atoms. The summed E-state index contributed by atoms with van der Waals surface area (Å²) in [7, 11) is 0. The number of nitrogens with zero attached hydrogens (tertiary/aromatic N) is 3. The van der Waals surface area contributed by atoms with Gasteiger partial charge in [-0.2, -0.15) is 0 Å². The van der Waals surface area contributed by atoms with Crippen molar-refractivity contribution in [1.29, 1.82) is 0 Å². The first-order valence-electron chi connectivity index (χ1n) is 10.4. The topological polar surface area (TPSA) is 231 Å². The molecule has 2 aromatic rings. The Balaban J connectivity index is 1.98. The zero-order chi connectivity index (χ0) is 26.7. The maximum absolute atomic E-state index is 12.4. The van der Waals surface area contributed by atoms with Crippen LogP contribution in [0.5, 0.6) is 0 Å². The minimum absolute atomic E-state index is 0.303. The molecule has 14 nitrogen and oxygen atoms in total. The van der Waals surface area contributed by atoms with Crippen LogP contribution in [0.4, 0.5) is 16.2 Å². The van der Waals surface area contributed by atoms with Gasteiger partial charge < -0.3 is 31.3 Å². The number of benzene rings is 2. The van der Waals surface area contributed by atoms with E-state index in [0.29, 0.717) is 22.5 Å². The van der Waals surface area contributed by atoms with Gasteiger partial charge in [-0.3, -0.25) is 14.4 Å². The molecule has 0 heterocycles. The Hall–Kier alpha value is -5.10. The molecule has 0 radical (unpaired) electrons. The zero-order valence-corrected chi connectivity index (χ0v) is 18.6. The summed E-state index contributed by atoms with van der Waals surface area (Å²) in [5, 5.41) is 37.7. The Kier molecular flexibility index (Phi) is 9.77. The van der Waals surface area contributed by atoms with Gasteiger partial charge in [0, 0.05) is 34.8 Å². The molecular weight excluding hydrogens is 476 g/mol. The van der Waals surface area contributed by atoms with Gasteiger partial charge in [-0.25, -0.2) is 9.59 Å². The second-order valence-electron chi connectivity index (χ2n) is 7.38. The van der Waals surface area contributed by atoms with Gasteiger partial charge in [0.2, 0.25) is 0 Å². The van der Waals surface area contributed by atoms with Crippen molar-refractivity contribution in [3.63, 3.8) is 0 Å². The molecular formula is C22H22N6O8. The SMILES string of the molecule is [N-]=[N+]=Nc1ccc(C(=O)Nc2ccc([C@H](CNC(=O)N[C@@H](CCC(=O)O)C(=O)O)C(=O)O)cc2)cc1. The number of anilines is 1. The number of rotatable bonds is 12. The van der Waals surface area contributed by atoms with Crippen molar-refractivity contribution in [2.45, 2.75) is 24.8 Å². The molecule has 0 saturated carbocycles. The highest BCUT2D eigenvalue weighted by atomic mass is 16.4. The summed E-state index contributed by atoms with van der Waals surface area (Å²) >= 11 is 0. The number of hydrogen-bond acceptors (Lipinski definition) is 6. The van der Waals surface area contributed by atoms with E-state index in [1.165, 1.54) is 48.5 Å². The van der Waals surface area contributed by atoms with E-state index in [9.17, 15) is 29.1 Å². The Morgan fingerprint density at radius 1 is 0.917 bits per heavy atom. The molecule has 0 aromatic heterocycles. The summed E-state index contributed by atoms with van der Waals surface area (Å²) in [5.74, 6) is -5.54. The average molecular weight is 498 g/mol. The van der Waals surface area contributed by atoms with Gasteiger partial charge >= 0.3 is 23.9 Å². The summed E-state index contributed by atoms with van der Waals surface area (Å²) in [6.07, 6.45) is -0.815. The molecule has 0 aliphatic rings. The molecule has 14 heteroatoms. The van der Waals surface area contributed by atoms with E-state index in [1.807, 2.05) is 0 Å². The van der Waals surface area contributed by atoms with Crippen LogP contribution in [-0.4, -0.2) is 57.8 Å². The Morgan fingerprint density at radius 3 is 2.08 bits per heavy atom. The number of carboxylic acids is 3. The van der Waals surface area contributed by atoms with E-state index in [2.05, 4.69) is 26.0 Å². The van der Waals surface area contributed by atoms with Crippen LogP contribution in [0.15, 0.2) is 53.6 Å². The second-order valence-corrected chi connectivity index (χ2v) is 7.38. The van der Waals surface area contributed by atoms with Crippen molar-refractivity contribution in [2.75, 3.05) is 11.9 Å². The summed E-state index contributed by atoms with van der Waals surface area (Å²) < 4.78 is 0. The van der Waals surface area contributed by atoms with Crippen LogP contribution in [0.25, 0.3) is 10.4 Å². The summed E-state index contributed by atoms with van der Waals surface area (Å²) in [6.45, 7) is -0.379. The van der Waals surface area contributed by atoms with E-state index < -0.39 is 48.2 Å². The van der Waals surface area contributed by atoms with E-state index in [-0.39, 0.29) is 13.0 Å². The molecule has 3 amide bonds. The highest BCUT2D eigenvalue weighted by Gasteiger charge is 2.24. The Labute approximate surface area is 203 Å². The fourth-order valence-electron chi connectivity index (χ4n) is 3.01. The van der Waals surface area contributed by atoms with Crippen LogP contribution in [0.2, 0.25) is 0 Å². The molecule has 0 unspecified atom stereocenters. The predicted molar refractivity (Wildman–Crippen MR) is 125 cm³/mol. The van der Waals surface area contributed by atoms with Crippen molar-refractivity contribution in [3.05, 3.63) is 70.1 Å². The lowest BCUT2D eigenvalue weighted by atomic mass is 9.99. The number of nitrogens with one attached hydrogen (secondary N) is 3. The van der Waals surface area contributed by atoms with E-state index in [1.54, 1.807) is 0 Å². The van der Waals surface area contributed by atoms with Crippen molar-refractivity contribution < 1.29 is 39.3 Å². The van der Waals surface area contributed by atoms with Crippen molar-refractivity contribution in [3.8, 4) is 0 Å². The van der Waals surface area contributed by atoms with Crippen molar-refractivity contribution in [1.82, 2.24) is 10.6 Å². The quantitative estimate of drug-likeness (QED) is 0.144. The molecule has 6 N–H and O–H groups in total. The molecule has 2 atom stereocenters. The van der Waals surface area contributed by atoms with Gasteiger partial charge in [-0.15, -0.1) is 0 Å². The van der Waals surface area contributed by atoms with Crippen LogP contribution in [0.3, 0.4) is 0 Å². The molecule has 0 aliphatic heterocycles. The largest absolute Gasteiger partial charge is 0.481 e. The van der Waals surface area contributed by atoms with Crippen LogP contribution >= 0.6 is 0 Å². The average Bonchev–Trinajstić information content (AvgIpc) is 2.83. The normalized spacial score (nSPS) is 11.8. The smallest absolute Gasteiger partial charge is 0.326 e. The first-order valence-corrected chi connectivity index (χ1v) is 10.4. The summed E-state index contributed by atoms with van der Waals surface area (Å²) in [6, 6.07) is 9.33. The minimum atomic E-state index is -1.46. The van der Waals surface area contributed by atoms with Gasteiger partial charge in [0.25, 0.3) is 5.91 Å². The molecule has 0 saturated heterocycles. The molecule has 2 rings (SSSR count). The number of carbonyl (C=O) groups excluding carboxylic acids is 2. The van der Waals surface area contributed by atoms with Crippen LogP contribution in [0, 0.1) is 0 Å². The number of azide groups is 1. The van der Waals surface area contributed by atoms with E-state index in [0.717, 1.165) is 0 Å². The first-order chi connectivity index (χ1) is 17.1. The number of carbonyl (C=O) groups is 5. The minimum Gasteiger partial charge on any atom is -0.481 e. The molecule has 36 heavy (non-hydrogen) atoms. The molecule has 2 aromatic carbocycles. The van der Waals surface area contributed by atoms with Gasteiger partial charge in [0.15, 0.2) is 0 Å². The summed E-state index contributed by atoms with van der Waals surface area (Å²) in [4.78, 5) is 60.6. The van der Waals surface area contributed by atoms with E-state index in [4.69, 9.17) is 15.7 Å². The Morgan fingerprint density at radius 2 is 1.56 bits per heavy atom. The Bertz CT molecular complexity index is 1180. The predicted octanol–water partition coefficient (Wildman–Crippen LogP) is 2.67. The molecule has 0 bridgehead atoms. The van der Waals surface area contributed by atoms with Crippen LogP contribution < -0.4 is 16.0 Å². The molecule has 0 aliphatic carbocycles. The monoisotopic (exact) mass is 498 g/mol. The van der Waals surface area contributed by atoms with Crippen LogP contribution in [0.1, 0.15) is 34.7 Å². The first kappa shape index (κ1) is 27.1. The number of amides is 3. The standard InChI is InChI=1S/C22H22N6O8/c23-28-27-15-7-3-13(4-8-15)19(31)25-14-5-1-12(2-6-14)16(20(32)33)11-24-22(36)26-17(21(34)35)9-10-18(29)30/h1-8,16-17H,9-11H2,(H,25,31)(H,29,30)(H,32,33)(H,34,35)(H2,24,26,36)/t16-,17-/m0/s1. The van der Waals surface area contributed by atoms with Crippen LogP contribution in [-0.2, 0) is 14.4 Å².